The van der Waals surface area contributed by atoms with Gasteiger partial charge in [0.05, 0.1) is 6.54 Å². The Balaban J connectivity index is 2.97. The van der Waals surface area contributed by atoms with Crippen LogP contribution < -0.4 is 5.32 Å². The van der Waals surface area contributed by atoms with Crippen LogP contribution in [0.4, 0.5) is 0 Å². The molecule has 0 heterocycles. The van der Waals surface area contributed by atoms with Crippen molar-refractivity contribution in [1.29, 1.82) is 0 Å². The van der Waals surface area contributed by atoms with Crippen LogP contribution in [0, 0.1) is 11.8 Å². The summed E-state index contributed by atoms with van der Waals surface area (Å²) in [7, 11) is 1.84. The molecular formula is C12H13NO. The van der Waals surface area contributed by atoms with E-state index < -0.39 is 0 Å². The molecule has 1 aromatic carbocycles. The van der Waals surface area contributed by atoms with Crippen molar-refractivity contribution < 1.29 is 4.79 Å². The van der Waals surface area contributed by atoms with E-state index >= 15 is 0 Å². The minimum absolute atomic E-state index is 0.0550. The van der Waals surface area contributed by atoms with Crippen molar-refractivity contribution in [2.24, 2.45) is 0 Å². The Morgan fingerprint density at radius 1 is 1.43 bits per heavy atom. The summed E-state index contributed by atoms with van der Waals surface area (Å²) in [6.45, 7) is 2.19. The summed E-state index contributed by atoms with van der Waals surface area (Å²) in [4.78, 5) is 11.2. The highest BCUT2D eigenvalue weighted by Crippen LogP contribution is 2.07. The van der Waals surface area contributed by atoms with Gasteiger partial charge in [0.25, 0.3) is 0 Å². The van der Waals surface area contributed by atoms with Gasteiger partial charge in [0, 0.05) is 11.1 Å². The largest absolute Gasteiger partial charge is 0.309 e. The summed E-state index contributed by atoms with van der Waals surface area (Å²) >= 11 is 0. The fraction of sp³-hybridized carbons (Fsp3) is 0.250. The zero-order valence-electron chi connectivity index (χ0n) is 8.42. The fourth-order valence-corrected chi connectivity index (χ4v) is 1.13. The predicted molar refractivity (Wildman–Crippen MR) is 57.3 cm³/mol. The van der Waals surface area contributed by atoms with Gasteiger partial charge in [-0.25, -0.2) is 0 Å². The van der Waals surface area contributed by atoms with Crippen molar-refractivity contribution >= 4 is 5.78 Å². The van der Waals surface area contributed by atoms with Gasteiger partial charge in [-0.1, -0.05) is 30.0 Å². The Labute approximate surface area is 84.3 Å². The van der Waals surface area contributed by atoms with Gasteiger partial charge < -0.3 is 5.32 Å². The number of hydrogen-bond acceptors (Lipinski definition) is 2. The lowest BCUT2D eigenvalue weighted by molar-refractivity contribution is 0.101. The Kier molecular flexibility index (Phi) is 3.90. The summed E-state index contributed by atoms with van der Waals surface area (Å²) in [5.41, 5.74) is 1.49. The van der Waals surface area contributed by atoms with E-state index in [2.05, 4.69) is 17.2 Å². The molecule has 0 amide bonds. The highest BCUT2D eigenvalue weighted by Gasteiger charge is 2.02. The minimum atomic E-state index is 0.0550. The number of rotatable bonds is 2. The van der Waals surface area contributed by atoms with Crippen molar-refractivity contribution in [3.05, 3.63) is 35.4 Å². The van der Waals surface area contributed by atoms with E-state index in [0.29, 0.717) is 12.1 Å². The Hall–Kier alpha value is -1.59. The summed E-state index contributed by atoms with van der Waals surface area (Å²) in [5, 5.41) is 2.93. The number of carbonyl (C=O) groups is 1. The molecule has 0 unspecified atom stereocenters. The van der Waals surface area contributed by atoms with Gasteiger partial charge in [0.2, 0.25) is 0 Å². The second-order valence-corrected chi connectivity index (χ2v) is 2.93. The zero-order chi connectivity index (χ0) is 10.4. The quantitative estimate of drug-likeness (QED) is 0.561. The molecule has 0 aliphatic carbocycles. The third-order valence-corrected chi connectivity index (χ3v) is 1.79. The van der Waals surface area contributed by atoms with E-state index in [1.807, 2.05) is 25.2 Å². The normalized spacial score (nSPS) is 9.00. The maximum Gasteiger partial charge on any atom is 0.161 e. The van der Waals surface area contributed by atoms with Gasteiger partial charge in [0.15, 0.2) is 5.78 Å². The van der Waals surface area contributed by atoms with Gasteiger partial charge >= 0.3 is 0 Å². The molecule has 0 aliphatic rings. The first-order valence-electron chi connectivity index (χ1n) is 4.49. The Morgan fingerprint density at radius 3 is 2.79 bits per heavy atom. The van der Waals surface area contributed by atoms with Gasteiger partial charge in [-0.2, -0.15) is 0 Å². The monoisotopic (exact) mass is 187 g/mol. The summed E-state index contributed by atoms with van der Waals surface area (Å²) in [5.74, 6) is 5.95. The number of hydrogen-bond donors (Lipinski definition) is 1. The van der Waals surface area contributed by atoms with E-state index in [4.69, 9.17) is 0 Å². The smallest absolute Gasteiger partial charge is 0.161 e. The third-order valence-electron chi connectivity index (χ3n) is 1.79. The minimum Gasteiger partial charge on any atom is -0.309 e. The van der Waals surface area contributed by atoms with Crippen LogP contribution in [-0.2, 0) is 0 Å². The van der Waals surface area contributed by atoms with Gasteiger partial charge in [-0.3, -0.25) is 4.79 Å². The molecule has 0 fully saturated rings. The van der Waals surface area contributed by atoms with E-state index in [1.54, 1.807) is 13.0 Å². The number of ketones is 1. The molecule has 1 aromatic rings. The number of Topliss-reactive ketones (excluding diaryl/α,β-unsaturated/α-hetero) is 1. The van der Waals surface area contributed by atoms with Crippen LogP contribution in [0.15, 0.2) is 24.3 Å². The van der Waals surface area contributed by atoms with Crippen molar-refractivity contribution in [3.63, 3.8) is 0 Å². The molecule has 14 heavy (non-hydrogen) atoms. The second-order valence-electron chi connectivity index (χ2n) is 2.93. The van der Waals surface area contributed by atoms with Crippen molar-refractivity contribution in [2.45, 2.75) is 6.92 Å². The number of nitrogens with one attached hydrogen (secondary N) is 1. The van der Waals surface area contributed by atoms with E-state index in [-0.39, 0.29) is 5.78 Å². The lowest BCUT2D eigenvalue weighted by Gasteiger charge is -1.98. The van der Waals surface area contributed by atoms with E-state index in [9.17, 15) is 4.79 Å². The van der Waals surface area contributed by atoms with Crippen LogP contribution in [-0.4, -0.2) is 19.4 Å². The first kappa shape index (κ1) is 10.5. The van der Waals surface area contributed by atoms with Crippen LogP contribution >= 0.6 is 0 Å². The third kappa shape index (κ3) is 2.72. The molecule has 1 rings (SSSR count). The highest BCUT2D eigenvalue weighted by molar-refractivity contribution is 5.96. The van der Waals surface area contributed by atoms with Crippen LogP contribution in [0.3, 0.4) is 0 Å². The molecule has 2 nitrogen and oxygen atoms in total. The molecule has 0 aromatic heterocycles. The maximum absolute atomic E-state index is 11.2. The SMILES string of the molecule is CNCC#Cc1ccccc1C(C)=O. The lowest BCUT2D eigenvalue weighted by Crippen LogP contribution is -2.04. The summed E-state index contributed by atoms with van der Waals surface area (Å²) < 4.78 is 0. The first-order valence-corrected chi connectivity index (χ1v) is 4.49. The van der Waals surface area contributed by atoms with Crippen molar-refractivity contribution in [1.82, 2.24) is 5.32 Å². The highest BCUT2D eigenvalue weighted by atomic mass is 16.1. The number of benzene rings is 1. The van der Waals surface area contributed by atoms with Crippen molar-refractivity contribution in [3.8, 4) is 11.8 Å². The molecule has 0 saturated heterocycles. The average Bonchev–Trinajstić information content (AvgIpc) is 2.19. The predicted octanol–water partition coefficient (Wildman–Crippen LogP) is 1.46. The van der Waals surface area contributed by atoms with Gasteiger partial charge in [-0.15, -0.1) is 0 Å². The van der Waals surface area contributed by atoms with Crippen LogP contribution in [0.5, 0.6) is 0 Å². The second kappa shape index (κ2) is 5.21. The fourth-order valence-electron chi connectivity index (χ4n) is 1.13. The maximum atomic E-state index is 11.2. The summed E-state index contributed by atoms with van der Waals surface area (Å²) in [6.07, 6.45) is 0. The van der Waals surface area contributed by atoms with E-state index in [1.165, 1.54) is 0 Å². The standard InChI is InChI=1S/C12H13NO/c1-10(14)12-8-4-3-6-11(12)7-5-9-13-2/h3-4,6,8,13H,9H2,1-2H3. The first-order chi connectivity index (χ1) is 6.75. The molecule has 0 atom stereocenters. The molecule has 0 bridgehead atoms. The molecule has 0 spiro atoms. The van der Waals surface area contributed by atoms with E-state index in [0.717, 1.165) is 5.56 Å². The van der Waals surface area contributed by atoms with Crippen LogP contribution in [0.1, 0.15) is 22.8 Å². The number of carbonyl (C=O) groups excluding carboxylic acids is 1. The van der Waals surface area contributed by atoms with Gasteiger partial charge in [0.1, 0.15) is 0 Å². The Bertz CT molecular complexity index is 385. The topological polar surface area (TPSA) is 29.1 Å². The summed E-state index contributed by atoms with van der Waals surface area (Å²) in [6, 6.07) is 7.39. The molecule has 0 saturated carbocycles. The molecule has 2 heteroatoms. The lowest BCUT2D eigenvalue weighted by atomic mass is 10.1. The molecule has 1 N–H and O–H groups in total. The molecule has 0 aliphatic heterocycles. The molecule has 72 valence electrons. The van der Waals surface area contributed by atoms with Crippen molar-refractivity contribution in [2.75, 3.05) is 13.6 Å². The Morgan fingerprint density at radius 2 is 2.14 bits per heavy atom. The van der Waals surface area contributed by atoms with Crippen LogP contribution in [0.25, 0.3) is 0 Å². The van der Waals surface area contributed by atoms with Crippen LogP contribution in [0.2, 0.25) is 0 Å². The average molecular weight is 187 g/mol. The molecule has 0 radical (unpaired) electrons. The zero-order valence-corrected chi connectivity index (χ0v) is 8.42. The van der Waals surface area contributed by atoms with Gasteiger partial charge in [-0.05, 0) is 20.0 Å². The molecular weight excluding hydrogens is 174 g/mol.